The van der Waals surface area contributed by atoms with Gasteiger partial charge in [-0.3, -0.25) is 14.5 Å². The second-order valence-corrected chi connectivity index (χ2v) is 6.71. The Morgan fingerprint density at radius 3 is 2.39 bits per heavy atom. The van der Waals surface area contributed by atoms with Gasteiger partial charge >= 0.3 is 6.03 Å². The van der Waals surface area contributed by atoms with Crippen molar-refractivity contribution in [3.63, 3.8) is 0 Å². The van der Waals surface area contributed by atoms with Crippen molar-refractivity contribution in [1.82, 2.24) is 15.1 Å². The summed E-state index contributed by atoms with van der Waals surface area (Å²) in [5.74, 6) is 0.113. The third-order valence-electron chi connectivity index (χ3n) is 4.67. The van der Waals surface area contributed by atoms with Crippen LogP contribution < -0.4 is 10.1 Å². The molecule has 1 heterocycles. The van der Waals surface area contributed by atoms with E-state index < -0.39 is 12.1 Å². The Hall–Kier alpha value is -3.35. The molecule has 1 fully saturated rings. The maximum Gasteiger partial charge on any atom is 0.325 e. The summed E-state index contributed by atoms with van der Waals surface area (Å²) in [6, 6.07) is 15.4. The molecule has 2 aromatic carbocycles. The average Bonchev–Trinajstić information content (AvgIpc) is 2.96. The molecule has 2 aromatic rings. The molecule has 1 aliphatic rings. The van der Waals surface area contributed by atoms with Crippen LogP contribution in [0.4, 0.5) is 4.79 Å². The molecule has 7 heteroatoms. The summed E-state index contributed by atoms with van der Waals surface area (Å²) >= 11 is 0. The Bertz CT molecular complexity index is 852. The van der Waals surface area contributed by atoms with Crippen LogP contribution in [0, 0.1) is 0 Å². The highest BCUT2D eigenvalue weighted by Gasteiger charge is 2.39. The first-order valence-electron chi connectivity index (χ1n) is 9.00. The van der Waals surface area contributed by atoms with Crippen LogP contribution >= 0.6 is 0 Å². The van der Waals surface area contributed by atoms with Crippen molar-refractivity contribution in [2.45, 2.75) is 25.6 Å². The molecule has 146 valence electrons. The number of hydrogen-bond acceptors (Lipinski definition) is 4. The summed E-state index contributed by atoms with van der Waals surface area (Å²) in [4.78, 5) is 40.0. The number of amides is 4. The van der Waals surface area contributed by atoms with Crippen molar-refractivity contribution in [1.29, 1.82) is 0 Å². The maximum absolute atomic E-state index is 12.6. The normalized spacial score (nSPS) is 16.1. The van der Waals surface area contributed by atoms with Gasteiger partial charge in [-0.05, 0) is 23.3 Å². The number of urea groups is 1. The first kappa shape index (κ1) is 19.4. The van der Waals surface area contributed by atoms with Gasteiger partial charge in [0, 0.05) is 13.6 Å². The first-order chi connectivity index (χ1) is 13.5. The number of nitrogens with zero attached hydrogens (tertiary/aromatic N) is 2. The topological polar surface area (TPSA) is 79.0 Å². The van der Waals surface area contributed by atoms with Crippen molar-refractivity contribution in [3.05, 3.63) is 65.7 Å². The minimum absolute atomic E-state index is 0.0625. The van der Waals surface area contributed by atoms with E-state index in [0.717, 1.165) is 16.0 Å². The number of benzene rings is 2. The van der Waals surface area contributed by atoms with Crippen LogP contribution in [0.25, 0.3) is 0 Å². The second kappa shape index (κ2) is 8.56. The van der Waals surface area contributed by atoms with Gasteiger partial charge in [0.25, 0.3) is 5.91 Å². The summed E-state index contributed by atoms with van der Waals surface area (Å²) in [7, 11) is 3.26. The highest BCUT2D eigenvalue weighted by Crippen LogP contribution is 2.17. The van der Waals surface area contributed by atoms with E-state index in [1.54, 1.807) is 43.3 Å². The van der Waals surface area contributed by atoms with Crippen LogP contribution in [-0.2, 0) is 22.7 Å². The summed E-state index contributed by atoms with van der Waals surface area (Å²) in [5, 5.41) is 2.61. The standard InChI is InChI=1S/C21H23N3O4/c1-23(13-15-6-4-3-5-7-15)19(25)12-18-20(26)24(21(27)22-18)14-16-8-10-17(28-2)11-9-16/h3-11,18H,12-14H2,1-2H3,(H,22,27). The fourth-order valence-corrected chi connectivity index (χ4v) is 3.05. The molecule has 3 rings (SSSR count). The van der Waals surface area contributed by atoms with Crippen LogP contribution in [0.15, 0.2) is 54.6 Å². The molecule has 28 heavy (non-hydrogen) atoms. The van der Waals surface area contributed by atoms with Crippen LogP contribution in [0.2, 0.25) is 0 Å². The zero-order valence-corrected chi connectivity index (χ0v) is 15.9. The SMILES string of the molecule is COc1ccc(CN2C(=O)NC(CC(=O)N(C)Cc3ccccc3)C2=O)cc1. The molecule has 0 aromatic heterocycles. The molecule has 0 saturated carbocycles. The molecule has 1 aliphatic heterocycles. The van der Waals surface area contributed by atoms with Gasteiger partial charge in [-0.1, -0.05) is 42.5 Å². The minimum atomic E-state index is -0.837. The molecule has 4 amide bonds. The summed E-state index contributed by atoms with van der Waals surface area (Å²) in [5.41, 5.74) is 1.80. The minimum Gasteiger partial charge on any atom is -0.497 e. The molecule has 1 unspecified atom stereocenters. The molecule has 1 atom stereocenters. The van der Waals surface area contributed by atoms with E-state index in [1.165, 1.54) is 0 Å². The molecule has 0 bridgehead atoms. The lowest BCUT2D eigenvalue weighted by Gasteiger charge is -2.19. The first-order valence-corrected chi connectivity index (χ1v) is 9.00. The van der Waals surface area contributed by atoms with Crippen molar-refractivity contribution in [2.24, 2.45) is 0 Å². The maximum atomic E-state index is 12.6. The number of methoxy groups -OCH3 is 1. The van der Waals surface area contributed by atoms with Gasteiger partial charge in [0.15, 0.2) is 0 Å². The molecular formula is C21H23N3O4. The van der Waals surface area contributed by atoms with Gasteiger partial charge in [0.1, 0.15) is 11.8 Å². The Morgan fingerprint density at radius 1 is 1.07 bits per heavy atom. The third kappa shape index (κ3) is 4.49. The number of rotatable bonds is 7. The Kier molecular flexibility index (Phi) is 5.93. The number of carbonyl (C=O) groups is 3. The number of imide groups is 1. The smallest absolute Gasteiger partial charge is 0.325 e. The van der Waals surface area contributed by atoms with E-state index in [4.69, 9.17) is 4.74 Å². The van der Waals surface area contributed by atoms with Crippen LogP contribution in [0.1, 0.15) is 17.5 Å². The molecule has 0 spiro atoms. The van der Waals surface area contributed by atoms with Crippen LogP contribution in [0.5, 0.6) is 5.75 Å². The Labute approximate surface area is 163 Å². The highest BCUT2D eigenvalue weighted by atomic mass is 16.5. The predicted octanol–water partition coefficient (Wildman–Crippen LogP) is 2.16. The largest absolute Gasteiger partial charge is 0.497 e. The number of ether oxygens (including phenoxy) is 1. The number of hydrogen-bond donors (Lipinski definition) is 1. The number of nitrogens with one attached hydrogen (secondary N) is 1. The summed E-state index contributed by atoms with van der Waals surface area (Å²) in [6.45, 7) is 0.600. The zero-order valence-electron chi connectivity index (χ0n) is 15.9. The molecule has 1 N–H and O–H groups in total. The second-order valence-electron chi connectivity index (χ2n) is 6.71. The molecular weight excluding hydrogens is 358 g/mol. The summed E-state index contributed by atoms with van der Waals surface area (Å²) < 4.78 is 5.11. The van der Waals surface area contributed by atoms with Crippen molar-refractivity contribution < 1.29 is 19.1 Å². The van der Waals surface area contributed by atoms with E-state index in [2.05, 4.69) is 5.32 Å². The quantitative estimate of drug-likeness (QED) is 0.746. The van der Waals surface area contributed by atoms with Crippen molar-refractivity contribution >= 4 is 17.8 Å². The van der Waals surface area contributed by atoms with Crippen LogP contribution in [0.3, 0.4) is 0 Å². The van der Waals surface area contributed by atoms with E-state index in [0.29, 0.717) is 12.3 Å². The lowest BCUT2D eigenvalue weighted by atomic mass is 10.1. The van der Waals surface area contributed by atoms with Crippen LogP contribution in [-0.4, -0.2) is 47.8 Å². The lowest BCUT2D eigenvalue weighted by molar-refractivity contribution is -0.135. The van der Waals surface area contributed by atoms with Gasteiger partial charge in [-0.15, -0.1) is 0 Å². The van der Waals surface area contributed by atoms with Crippen molar-refractivity contribution in [3.8, 4) is 5.75 Å². The number of carbonyl (C=O) groups excluding carboxylic acids is 3. The highest BCUT2D eigenvalue weighted by molar-refractivity contribution is 6.05. The summed E-state index contributed by atoms with van der Waals surface area (Å²) in [6.07, 6.45) is -0.0625. The fourth-order valence-electron chi connectivity index (χ4n) is 3.05. The van der Waals surface area contributed by atoms with Gasteiger partial charge in [0.05, 0.1) is 20.1 Å². The lowest BCUT2D eigenvalue weighted by Crippen LogP contribution is -2.37. The zero-order chi connectivity index (χ0) is 20.1. The van der Waals surface area contributed by atoms with Gasteiger partial charge in [-0.25, -0.2) is 4.79 Å². The Balaban J connectivity index is 1.58. The van der Waals surface area contributed by atoms with Crippen molar-refractivity contribution in [2.75, 3.05) is 14.2 Å². The molecule has 0 aliphatic carbocycles. The van der Waals surface area contributed by atoms with Gasteiger partial charge in [-0.2, -0.15) is 0 Å². The van der Waals surface area contributed by atoms with Gasteiger partial charge < -0.3 is 15.0 Å². The average molecular weight is 381 g/mol. The van der Waals surface area contributed by atoms with E-state index in [9.17, 15) is 14.4 Å². The molecule has 7 nitrogen and oxygen atoms in total. The van der Waals surface area contributed by atoms with E-state index >= 15 is 0 Å². The Morgan fingerprint density at radius 2 is 1.75 bits per heavy atom. The third-order valence-corrected chi connectivity index (χ3v) is 4.67. The van der Waals surface area contributed by atoms with Gasteiger partial charge in [0.2, 0.25) is 5.91 Å². The predicted molar refractivity (Wildman–Crippen MR) is 103 cm³/mol. The monoisotopic (exact) mass is 381 g/mol. The fraction of sp³-hybridized carbons (Fsp3) is 0.286. The molecule has 0 radical (unpaired) electrons. The van der Waals surface area contributed by atoms with E-state index in [-0.39, 0.29) is 24.8 Å². The molecule has 1 saturated heterocycles. The van der Waals surface area contributed by atoms with E-state index in [1.807, 2.05) is 30.3 Å².